The summed E-state index contributed by atoms with van der Waals surface area (Å²) >= 11 is 0. The maximum absolute atomic E-state index is 12.3. The number of hydrogen-bond donors (Lipinski definition) is 3. The predicted octanol–water partition coefficient (Wildman–Crippen LogP) is 1.56. The first kappa shape index (κ1) is 17.4. The summed E-state index contributed by atoms with van der Waals surface area (Å²) in [7, 11) is 0. The lowest BCUT2D eigenvalue weighted by molar-refractivity contribution is -0.134. The molecular weight excluding hydrogens is 306 g/mol. The number of nitrogens with one attached hydrogen (secondary N) is 3. The van der Waals surface area contributed by atoms with Crippen molar-refractivity contribution in [2.24, 2.45) is 0 Å². The highest BCUT2D eigenvalue weighted by Gasteiger charge is 2.28. The van der Waals surface area contributed by atoms with Crippen LogP contribution in [0.5, 0.6) is 0 Å². The van der Waals surface area contributed by atoms with E-state index in [1.165, 1.54) is 11.1 Å². The lowest BCUT2D eigenvalue weighted by Crippen LogP contribution is -2.48. The van der Waals surface area contributed by atoms with Gasteiger partial charge in [0.05, 0.1) is 18.9 Å². The largest absolute Gasteiger partial charge is 0.376 e. The molecule has 0 aromatic heterocycles. The van der Waals surface area contributed by atoms with Gasteiger partial charge in [0.1, 0.15) is 6.10 Å². The van der Waals surface area contributed by atoms with Gasteiger partial charge in [-0.1, -0.05) is 24.3 Å². The molecule has 2 saturated heterocycles. The Bertz CT molecular complexity index is 560. The fourth-order valence-corrected chi connectivity index (χ4v) is 3.22. The summed E-state index contributed by atoms with van der Waals surface area (Å²) < 4.78 is 11.2. The van der Waals surface area contributed by atoms with Crippen molar-refractivity contribution < 1.29 is 14.3 Å². The molecule has 3 rings (SSSR count). The van der Waals surface area contributed by atoms with Crippen molar-refractivity contribution in [1.82, 2.24) is 16.2 Å². The third-order valence-electron chi connectivity index (χ3n) is 4.71. The van der Waals surface area contributed by atoms with Crippen LogP contribution in [0.25, 0.3) is 0 Å². The van der Waals surface area contributed by atoms with E-state index >= 15 is 0 Å². The molecule has 0 saturated carbocycles. The quantitative estimate of drug-likeness (QED) is 0.737. The molecule has 132 valence electrons. The van der Waals surface area contributed by atoms with Gasteiger partial charge in [-0.05, 0) is 37.8 Å². The van der Waals surface area contributed by atoms with Gasteiger partial charge in [0.15, 0.2) is 0 Å². The Labute approximate surface area is 143 Å². The monoisotopic (exact) mass is 333 g/mol. The SMILES string of the molecule is Cc1ccccc1C1CC(NC(=O)C(C)OCC2CCCO2)NN1. The number of amides is 1. The summed E-state index contributed by atoms with van der Waals surface area (Å²) in [4.78, 5) is 12.3. The molecule has 0 radical (unpaired) electrons. The molecule has 4 unspecified atom stereocenters. The molecule has 2 fully saturated rings. The number of aryl methyl sites for hydroxylation is 1. The Balaban J connectivity index is 1.44. The number of rotatable bonds is 6. The predicted molar refractivity (Wildman–Crippen MR) is 91.1 cm³/mol. The van der Waals surface area contributed by atoms with Gasteiger partial charge in [-0.25, -0.2) is 10.9 Å². The molecule has 1 amide bonds. The molecule has 3 N–H and O–H groups in total. The molecule has 6 nitrogen and oxygen atoms in total. The highest BCUT2D eigenvalue weighted by Crippen LogP contribution is 2.24. The molecule has 2 aliphatic rings. The maximum Gasteiger partial charge on any atom is 0.250 e. The first-order chi connectivity index (χ1) is 11.6. The Morgan fingerprint density at radius 1 is 1.42 bits per heavy atom. The summed E-state index contributed by atoms with van der Waals surface area (Å²) in [5.41, 5.74) is 8.91. The first-order valence-electron chi connectivity index (χ1n) is 8.73. The third kappa shape index (κ3) is 4.33. The molecule has 0 spiro atoms. The highest BCUT2D eigenvalue weighted by molar-refractivity contribution is 5.80. The van der Waals surface area contributed by atoms with Gasteiger partial charge >= 0.3 is 0 Å². The average molecular weight is 333 g/mol. The molecule has 6 heteroatoms. The molecule has 1 aromatic carbocycles. The van der Waals surface area contributed by atoms with E-state index in [0.29, 0.717) is 6.61 Å². The fourth-order valence-electron chi connectivity index (χ4n) is 3.22. The maximum atomic E-state index is 12.3. The second kappa shape index (κ2) is 8.07. The minimum absolute atomic E-state index is 0.0993. The Hall–Kier alpha value is -1.47. The van der Waals surface area contributed by atoms with Crippen LogP contribution in [0, 0.1) is 6.92 Å². The van der Waals surface area contributed by atoms with Crippen molar-refractivity contribution in [1.29, 1.82) is 0 Å². The van der Waals surface area contributed by atoms with Gasteiger partial charge in [0.25, 0.3) is 0 Å². The Kier molecular flexibility index (Phi) is 5.84. The van der Waals surface area contributed by atoms with Crippen molar-refractivity contribution in [2.75, 3.05) is 13.2 Å². The van der Waals surface area contributed by atoms with E-state index < -0.39 is 6.10 Å². The minimum Gasteiger partial charge on any atom is -0.376 e. The summed E-state index contributed by atoms with van der Waals surface area (Å²) in [6, 6.07) is 8.49. The van der Waals surface area contributed by atoms with Crippen LogP contribution in [-0.4, -0.2) is 37.5 Å². The Morgan fingerprint density at radius 2 is 2.25 bits per heavy atom. The summed E-state index contributed by atoms with van der Waals surface area (Å²) in [5.74, 6) is -0.0993. The van der Waals surface area contributed by atoms with Crippen LogP contribution in [0.4, 0.5) is 0 Å². The van der Waals surface area contributed by atoms with E-state index in [-0.39, 0.29) is 24.2 Å². The lowest BCUT2D eigenvalue weighted by Gasteiger charge is -2.18. The smallest absolute Gasteiger partial charge is 0.250 e. The van der Waals surface area contributed by atoms with Crippen LogP contribution in [0.15, 0.2) is 24.3 Å². The van der Waals surface area contributed by atoms with Crippen molar-refractivity contribution in [3.63, 3.8) is 0 Å². The first-order valence-corrected chi connectivity index (χ1v) is 8.73. The fraction of sp³-hybridized carbons (Fsp3) is 0.611. The van der Waals surface area contributed by atoms with E-state index in [4.69, 9.17) is 9.47 Å². The second-order valence-corrected chi connectivity index (χ2v) is 6.61. The lowest BCUT2D eigenvalue weighted by atomic mass is 9.99. The normalized spacial score (nSPS) is 28.0. The van der Waals surface area contributed by atoms with Gasteiger partial charge in [-0.15, -0.1) is 0 Å². The summed E-state index contributed by atoms with van der Waals surface area (Å²) in [6.45, 7) is 5.17. The van der Waals surface area contributed by atoms with Gasteiger partial charge in [-0.2, -0.15) is 0 Å². The number of benzene rings is 1. The number of hydrogen-bond acceptors (Lipinski definition) is 5. The molecule has 4 atom stereocenters. The Morgan fingerprint density at radius 3 is 3.00 bits per heavy atom. The van der Waals surface area contributed by atoms with E-state index in [2.05, 4.69) is 35.2 Å². The van der Waals surface area contributed by atoms with Crippen molar-refractivity contribution in [3.8, 4) is 0 Å². The van der Waals surface area contributed by atoms with Crippen molar-refractivity contribution in [3.05, 3.63) is 35.4 Å². The summed E-state index contributed by atoms with van der Waals surface area (Å²) in [5, 5.41) is 2.99. The number of carbonyl (C=O) groups excluding carboxylic acids is 1. The van der Waals surface area contributed by atoms with Gasteiger partial charge in [0.2, 0.25) is 5.91 Å². The summed E-state index contributed by atoms with van der Waals surface area (Å²) in [6.07, 6.45) is 2.45. The van der Waals surface area contributed by atoms with Crippen LogP contribution in [0.1, 0.15) is 43.4 Å². The third-order valence-corrected chi connectivity index (χ3v) is 4.71. The minimum atomic E-state index is -0.478. The van der Waals surface area contributed by atoms with Crippen LogP contribution in [-0.2, 0) is 14.3 Å². The van der Waals surface area contributed by atoms with E-state index in [1.807, 2.05) is 12.1 Å². The van der Waals surface area contributed by atoms with Crippen molar-refractivity contribution >= 4 is 5.91 Å². The van der Waals surface area contributed by atoms with Gasteiger partial charge < -0.3 is 14.8 Å². The molecule has 0 bridgehead atoms. The highest BCUT2D eigenvalue weighted by atomic mass is 16.5. The second-order valence-electron chi connectivity index (χ2n) is 6.61. The van der Waals surface area contributed by atoms with E-state index in [1.54, 1.807) is 6.92 Å². The topological polar surface area (TPSA) is 71.6 Å². The van der Waals surface area contributed by atoms with Crippen LogP contribution in [0.2, 0.25) is 0 Å². The van der Waals surface area contributed by atoms with Crippen molar-refractivity contribution in [2.45, 2.75) is 57.5 Å². The van der Waals surface area contributed by atoms with Crippen LogP contribution < -0.4 is 16.2 Å². The number of ether oxygens (including phenoxy) is 2. The van der Waals surface area contributed by atoms with Crippen LogP contribution >= 0.6 is 0 Å². The molecular formula is C18H27N3O3. The van der Waals surface area contributed by atoms with Gasteiger partial charge in [-0.3, -0.25) is 4.79 Å². The molecule has 2 heterocycles. The molecule has 24 heavy (non-hydrogen) atoms. The number of hydrazine groups is 1. The molecule has 2 aliphatic heterocycles. The van der Waals surface area contributed by atoms with Gasteiger partial charge in [0, 0.05) is 19.1 Å². The molecule has 0 aliphatic carbocycles. The zero-order valence-electron chi connectivity index (χ0n) is 14.4. The zero-order chi connectivity index (χ0) is 16.9. The zero-order valence-corrected chi connectivity index (χ0v) is 14.4. The number of carbonyl (C=O) groups is 1. The standard InChI is InChI=1S/C18H27N3O3/c1-12-6-3-4-8-15(12)16-10-17(21-20-16)19-18(22)13(2)24-11-14-7-5-9-23-14/h3-4,6,8,13-14,16-17,20-21H,5,7,9-11H2,1-2H3,(H,19,22). The van der Waals surface area contributed by atoms with Crippen LogP contribution in [0.3, 0.4) is 0 Å². The van der Waals surface area contributed by atoms with E-state index in [9.17, 15) is 4.79 Å². The molecule has 1 aromatic rings. The average Bonchev–Trinajstić information content (AvgIpc) is 3.24. The van der Waals surface area contributed by atoms with E-state index in [0.717, 1.165) is 25.9 Å².